The first-order valence-electron chi connectivity index (χ1n) is 3.96. The van der Waals surface area contributed by atoms with Crippen molar-refractivity contribution >= 4 is 17.4 Å². The summed E-state index contributed by atoms with van der Waals surface area (Å²) < 4.78 is 3.59. The molecule has 1 aromatic heterocycles. The minimum absolute atomic E-state index is 0.00366. The summed E-state index contributed by atoms with van der Waals surface area (Å²) >= 11 is 1.14. The fraction of sp³-hybridized carbons (Fsp3) is 0.571. The van der Waals surface area contributed by atoms with Crippen molar-refractivity contribution in [2.45, 2.75) is 18.4 Å². The average molecular weight is 199 g/mol. The number of amides is 1. The Balaban J connectivity index is 2.00. The molecule has 5 nitrogen and oxygen atoms in total. The summed E-state index contributed by atoms with van der Waals surface area (Å²) in [6.45, 7) is -0.00366. The third kappa shape index (κ3) is 1.68. The lowest BCUT2D eigenvalue weighted by atomic mass is 10.3. The van der Waals surface area contributed by atoms with Gasteiger partial charge in [0, 0.05) is 5.38 Å². The number of rotatable bonds is 3. The maximum atomic E-state index is 11.4. The molecule has 1 heterocycles. The highest BCUT2D eigenvalue weighted by Crippen LogP contribution is 2.34. The number of hydrogen-bond acceptors (Lipinski definition) is 5. The zero-order valence-corrected chi connectivity index (χ0v) is 7.67. The fourth-order valence-corrected chi connectivity index (χ4v) is 1.48. The normalized spacial score (nSPS) is 18.2. The van der Waals surface area contributed by atoms with Gasteiger partial charge in [0.15, 0.2) is 5.69 Å². The van der Waals surface area contributed by atoms with Crippen molar-refractivity contribution in [1.82, 2.24) is 14.9 Å². The second-order valence-corrected chi connectivity index (χ2v) is 3.79. The fourth-order valence-electron chi connectivity index (χ4n) is 1.04. The van der Waals surface area contributed by atoms with Gasteiger partial charge in [-0.25, -0.2) is 0 Å². The molecule has 1 aliphatic carbocycles. The SMILES string of the molecule is O=C(NC1(CO)CC1)c1csnn1. The topological polar surface area (TPSA) is 75.1 Å². The van der Waals surface area contributed by atoms with Crippen LogP contribution in [0.25, 0.3) is 0 Å². The summed E-state index contributed by atoms with van der Waals surface area (Å²) in [6.07, 6.45) is 1.68. The van der Waals surface area contributed by atoms with E-state index in [1.165, 1.54) is 0 Å². The van der Waals surface area contributed by atoms with Crippen LogP contribution in [0.1, 0.15) is 23.3 Å². The van der Waals surface area contributed by atoms with E-state index in [1.807, 2.05) is 0 Å². The van der Waals surface area contributed by atoms with Crippen LogP contribution in [0.2, 0.25) is 0 Å². The molecule has 13 heavy (non-hydrogen) atoms. The predicted octanol–water partition coefficient (Wildman–Crippen LogP) is -0.207. The van der Waals surface area contributed by atoms with Crippen LogP contribution < -0.4 is 5.32 Å². The van der Waals surface area contributed by atoms with Crippen LogP contribution in [0.5, 0.6) is 0 Å². The maximum absolute atomic E-state index is 11.4. The Kier molecular flexibility index (Phi) is 2.01. The number of hydrogen-bond donors (Lipinski definition) is 2. The van der Waals surface area contributed by atoms with Gasteiger partial charge in [-0.15, -0.1) is 5.10 Å². The number of aromatic nitrogens is 2. The number of carbonyl (C=O) groups is 1. The summed E-state index contributed by atoms with van der Waals surface area (Å²) in [6, 6.07) is 0. The number of nitrogens with zero attached hydrogens (tertiary/aromatic N) is 2. The van der Waals surface area contributed by atoms with Crippen LogP contribution in [0, 0.1) is 0 Å². The molecule has 1 saturated carbocycles. The minimum Gasteiger partial charge on any atom is -0.394 e. The summed E-state index contributed by atoms with van der Waals surface area (Å²) in [4.78, 5) is 11.4. The molecule has 6 heteroatoms. The van der Waals surface area contributed by atoms with Crippen LogP contribution in [0.4, 0.5) is 0 Å². The van der Waals surface area contributed by atoms with Gasteiger partial charge in [0.05, 0.1) is 12.1 Å². The molecule has 1 aliphatic rings. The van der Waals surface area contributed by atoms with Gasteiger partial charge in [-0.05, 0) is 24.4 Å². The van der Waals surface area contributed by atoms with Gasteiger partial charge < -0.3 is 10.4 Å². The Morgan fingerprint density at radius 1 is 1.77 bits per heavy atom. The minimum atomic E-state index is -0.374. The van der Waals surface area contributed by atoms with Gasteiger partial charge in [-0.2, -0.15) is 0 Å². The van der Waals surface area contributed by atoms with Crippen molar-refractivity contribution in [1.29, 1.82) is 0 Å². The molecule has 1 aromatic rings. The Labute approximate surface area is 78.9 Å². The van der Waals surface area contributed by atoms with Gasteiger partial charge in [-0.3, -0.25) is 4.79 Å². The Morgan fingerprint density at radius 2 is 2.54 bits per heavy atom. The van der Waals surface area contributed by atoms with Gasteiger partial charge in [0.25, 0.3) is 5.91 Å². The van der Waals surface area contributed by atoms with Gasteiger partial charge >= 0.3 is 0 Å². The molecule has 2 N–H and O–H groups in total. The number of carbonyl (C=O) groups excluding carboxylic acids is 1. The van der Waals surface area contributed by atoms with Crippen molar-refractivity contribution in [2.24, 2.45) is 0 Å². The van der Waals surface area contributed by atoms with Gasteiger partial charge in [0.1, 0.15) is 0 Å². The van der Waals surface area contributed by atoms with Crippen LogP contribution in [0.3, 0.4) is 0 Å². The molecule has 2 rings (SSSR count). The maximum Gasteiger partial charge on any atom is 0.273 e. The molecule has 1 amide bonds. The quantitative estimate of drug-likeness (QED) is 0.706. The number of aliphatic hydroxyl groups is 1. The number of nitrogens with one attached hydrogen (secondary N) is 1. The third-order valence-electron chi connectivity index (χ3n) is 2.13. The molecule has 0 spiro atoms. The molecule has 70 valence electrons. The third-order valence-corrected chi connectivity index (χ3v) is 2.63. The Bertz CT molecular complexity index is 308. The predicted molar refractivity (Wildman–Crippen MR) is 46.4 cm³/mol. The van der Waals surface area contributed by atoms with Crippen molar-refractivity contribution < 1.29 is 9.90 Å². The lowest BCUT2D eigenvalue weighted by molar-refractivity contribution is 0.0901. The number of aliphatic hydroxyl groups excluding tert-OH is 1. The average Bonchev–Trinajstić information content (AvgIpc) is 2.69. The summed E-state index contributed by atoms with van der Waals surface area (Å²) in [5.41, 5.74) is -0.0505. The molecule has 0 saturated heterocycles. The van der Waals surface area contributed by atoms with E-state index >= 15 is 0 Å². The van der Waals surface area contributed by atoms with Crippen LogP contribution in [-0.4, -0.2) is 32.7 Å². The van der Waals surface area contributed by atoms with Crippen LogP contribution in [-0.2, 0) is 0 Å². The van der Waals surface area contributed by atoms with E-state index in [9.17, 15) is 4.79 Å². The van der Waals surface area contributed by atoms with E-state index < -0.39 is 0 Å². The van der Waals surface area contributed by atoms with E-state index in [1.54, 1.807) is 5.38 Å². The molecule has 1 fully saturated rings. The molecule has 0 aliphatic heterocycles. The molecule has 0 unspecified atom stereocenters. The van der Waals surface area contributed by atoms with Crippen molar-refractivity contribution in [3.63, 3.8) is 0 Å². The first-order valence-corrected chi connectivity index (χ1v) is 4.80. The van der Waals surface area contributed by atoms with Gasteiger partial charge in [-0.1, -0.05) is 4.49 Å². The van der Waals surface area contributed by atoms with Crippen molar-refractivity contribution in [2.75, 3.05) is 6.61 Å². The van der Waals surface area contributed by atoms with Crippen LogP contribution in [0.15, 0.2) is 5.38 Å². The largest absolute Gasteiger partial charge is 0.394 e. The standard InChI is InChI=1S/C7H9N3O2S/c11-4-7(1-2-7)8-6(12)5-3-13-10-9-5/h3,11H,1-2,4H2,(H,8,12). The Hall–Kier alpha value is -1.01. The summed E-state index contributed by atoms with van der Waals surface area (Å²) in [5, 5.41) is 16.9. The molecular weight excluding hydrogens is 190 g/mol. The molecule has 0 atom stereocenters. The zero-order chi connectivity index (χ0) is 9.31. The first-order chi connectivity index (χ1) is 6.26. The second kappa shape index (κ2) is 3.04. The summed E-state index contributed by atoms with van der Waals surface area (Å²) in [7, 11) is 0. The van der Waals surface area contributed by atoms with Crippen molar-refractivity contribution in [3.8, 4) is 0 Å². The van der Waals surface area contributed by atoms with Crippen molar-refractivity contribution in [3.05, 3.63) is 11.1 Å². The van der Waals surface area contributed by atoms with E-state index in [0.29, 0.717) is 5.69 Å². The Morgan fingerprint density at radius 3 is 3.00 bits per heavy atom. The highest BCUT2D eigenvalue weighted by Gasteiger charge is 2.43. The molecule has 0 aromatic carbocycles. The van der Waals surface area contributed by atoms with Crippen LogP contribution >= 0.6 is 11.5 Å². The molecule has 0 radical (unpaired) electrons. The molecular formula is C7H9N3O2S. The zero-order valence-electron chi connectivity index (χ0n) is 6.86. The lowest BCUT2D eigenvalue weighted by Gasteiger charge is -2.12. The molecule has 0 bridgehead atoms. The van der Waals surface area contributed by atoms with E-state index in [4.69, 9.17) is 5.11 Å². The first kappa shape index (κ1) is 8.58. The lowest BCUT2D eigenvalue weighted by Crippen LogP contribution is -2.39. The summed E-state index contributed by atoms with van der Waals surface area (Å²) in [5.74, 6) is -0.250. The monoisotopic (exact) mass is 199 g/mol. The van der Waals surface area contributed by atoms with E-state index in [2.05, 4.69) is 14.9 Å². The van der Waals surface area contributed by atoms with Gasteiger partial charge in [0.2, 0.25) is 0 Å². The highest BCUT2D eigenvalue weighted by atomic mass is 32.1. The highest BCUT2D eigenvalue weighted by molar-refractivity contribution is 7.03. The van der Waals surface area contributed by atoms with E-state index in [0.717, 1.165) is 24.4 Å². The van der Waals surface area contributed by atoms with E-state index in [-0.39, 0.29) is 18.1 Å². The smallest absolute Gasteiger partial charge is 0.273 e. The second-order valence-electron chi connectivity index (χ2n) is 3.18.